The number of aliphatic hydroxyl groups excluding tert-OH is 1. The van der Waals surface area contributed by atoms with Crippen LogP contribution in [-0.2, 0) is 12.1 Å². The molecule has 1 unspecified atom stereocenters. The Balaban J connectivity index is 1.55. The first-order valence-electron chi connectivity index (χ1n) is 8.77. The smallest absolute Gasteiger partial charge is 0.124 e. The Morgan fingerprint density at radius 2 is 2.00 bits per heavy atom. The molecule has 4 rings (SSSR count). The molecule has 1 atom stereocenters. The first kappa shape index (κ1) is 16.8. The lowest BCUT2D eigenvalue weighted by Gasteiger charge is -2.38. The number of nitrogens with one attached hydrogen (secondary N) is 1. The third-order valence-corrected chi connectivity index (χ3v) is 4.97. The van der Waals surface area contributed by atoms with Gasteiger partial charge < -0.3 is 9.84 Å². The molecule has 0 radical (unpaired) electrons. The normalized spacial score (nSPS) is 19.0. The number of aryl methyl sites for hydroxylation is 1. The fraction of sp³-hybridized carbons (Fsp3) is 0.300. The van der Waals surface area contributed by atoms with Gasteiger partial charge in [-0.15, -0.1) is 5.10 Å². The number of ether oxygens (including phenoxy) is 1. The van der Waals surface area contributed by atoms with E-state index in [-0.39, 0.29) is 6.61 Å². The highest BCUT2D eigenvalue weighted by Crippen LogP contribution is 2.36. The Bertz CT molecular complexity index is 908. The Morgan fingerprint density at radius 1 is 1.19 bits per heavy atom. The fourth-order valence-electron chi connectivity index (χ4n) is 3.44. The number of hydrogen-bond acceptors (Lipinski definition) is 5. The molecule has 1 aliphatic rings. The minimum absolute atomic E-state index is 0.000691. The molecule has 6 nitrogen and oxygen atoms in total. The monoisotopic (exact) mass is 350 g/mol. The Hall–Kier alpha value is -2.70. The standard InChI is InChI=1S/C20H22N4O2/c1-15-6-2-4-8-18(15)24-13-16(22-23-24)12-21-20(14-25)10-11-26-19-9-5-3-7-17(19)20/h2-9,13,21,25H,10-12,14H2,1H3. The van der Waals surface area contributed by atoms with Crippen LogP contribution in [-0.4, -0.2) is 33.3 Å². The lowest BCUT2D eigenvalue weighted by Crippen LogP contribution is -2.48. The molecule has 0 spiro atoms. The van der Waals surface area contributed by atoms with Gasteiger partial charge in [-0.05, 0) is 24.6 Å². The van der Waals surface area contributed by atoms with Crippen molar-refractivity contribution in [3.8, 4) is 11.4 Å². The Labute approximate surface area is 152 Å². The van der Waals surface area contributed by atoms with Gasteiger partial charge in [-0.2, -0.15) is 0 Å². The summed E-state index contributed by atoms with van der Waals surface area (Å²) < 4.78 is 7.51. The summed E-state index contributed by atoms with van der Waals surface area (Å²) >= 11 is 0. The van der Waals surface area contributed by atoms with Gasteiger partial charge in [-0.1, -0.05) is 41.6 Å². The highest BCUT2D eigenvalue weighted by molar-refractivity contribution is 5.41. The number of fused-ring (bicyclic) bond motifs is 1. The summed E-state index contributed by atoms with van der Waals surface area (Å²) in [6.07, 6.45) is 2.62. The van der Waals surface area contributed by atoms with Crippen LogP contribution in [0.5, 0.6) is 5.75 Å². The lowest BCUT2D eigenvalue weighted by atomic mass is 9.85. The minimum Gasteiger partial charge on any atom is -0.493 e. The van der Waals surface area contributed by atoms with Crippen LogP contribution in [0.1, 0.15) is 23.2 Å². The van der Waals surface area contributed by atoms with Crippen LogP contribution in [0.15, 0.2) is 54.7 Å². The van der Waals surface area contributed by atoms with E-state index in [0.717, 1.165) is 28.3 Å². The van der Waals surface area contributed by atoms with Gasteiger partial charge in [0.05, 0.1) is 36.3 Å². The molecule has 0 bridgehead atoms. The van der Waals surface area contributed by atoms with E-state index in [1.54, 1.807) is 4.68 Å². The van der Waals surface area contributed by atoms with Crippen molar-refractivity contribution in [2.45, 2.75) is 25.4 Å². The molecule has 2 N–H and O–H groups in total. The quantitative estimate of drug-likeness (QED) is 0.739. The van der Waals surface area contributed by atoms with Crippen LogP contribution in [0.2, 0.25) is 0 Å². The van der Waals surface area contributed by atoms with Crippen molar-refractivity contribution >= 4 is 0 Å². The molecule has 2 heterocycles. The topological polar surface area (TPSA) is 72.2 Å². The number of nitrogens with zero attached hydrogens (tertiary/aromatic N) is 3. The van der Waals surface area contributed by atoms with E-state index in [9.17, 15) is 5.11 Å². The average molecular weight is 350 g/mol. The Kier molecular flexibility index (Phi) is 4.44. The van der Waals surface area contributed by atoms with Gasteiger partial charge in [0.25, 0.3) is 0 Å². The second kappa shape index (κ2) is 6.90. The molecule has 2 aromatic carbocycles. The molecule has 1 aliphatic heterocycles. The molecule has 1 aromatic heterocycles. The highest BCUT2D eigenvalue weighted by atomic mass is 16.5. The van der Waals surface area contributed by atoms with Crippen LogP contribution in [0.4, 0.5) is 0 Å². The summed E-state index contributed by atoms with van der Waals surface area (Å²) in [5.74, 6) is 0.823. The van der Waals surface area contributed by atoms with Crippen molar-refractivity contribution in [2.24, 2.45) is 0 Å². The van der Waals surface area contributed by atoms with Gasteiger partial charge in [0.2, 0.25) is 0 Å². The van der Waals surface area contributed by atoms with Gasteiger partial charge in [0.1, 0.15) is 5.75 Å². The van der Waals surface area contributed by atoms with Crippen molar-refractivity contribution in [3.63, 3.8) is 0 Å². The third kappa shape index (κ3) is 2.98. The van der Waals surface area contributed by atoms with E-state index >= 15 is 0 Å². The zero-order chi connectivity index (χ0) is 18.0. The zero-order valence-corrected chi connectivity index (χ0v) is 14.7. The van der Waals surface area contributed by atoms with E-state index in [1.807, 2.05) is 48.7 Å². The molecule has 134 valence electrons. The Morgan fingerprint density at radius 3 is 2.85 bits per heavy atom. The van der Waals surface area contributed by atoms with Crippen LogP contribution >= 0.6 is 0 Å². The third-order valence-electron chi connectivity index (χ3n) is 4.97. The zero-order valence-electron chi connectivity index (χ0n) is 14.7. The first-order chi connectivity index (χ1) is 12.7. The highest BCUT2D eigenvalue weighted by Gasteiger charge is 2.36. The minimum atomic E-state index is -0.527. The number of aromatic nitrogens is 3. The predicted molar refractivity (Wildman–Crippen MR) is 98.3 cm³/mol. The van der Waals surface area contributed by atoms with Crippen molar-refractivity contribution < 1.29 is 9.84 Å². The second-order valence-corrected chi connectivity index (χ2v) is 6.63. The molecule has 0 saturated carbocycles. The van der Waals surface area contributed by atoms with Gasteiger partial charge in [-0.3, -0.25) is 5.32 Å². The maximum Gasteiger partial charge on any atom is 0.124 e. The molecule has 0 amide bonds. The molecule has 6 heteroatoms. The largest absolute Gasteiger partial charge is 0.493 e. The molecule has 3 aromatic rings. The van der Waals surface area contributed by atoms with Crippen LogP contribution in [0.25, 0.3) is 5.69 Å². The van der Waals surface area contributed by atoms with Gasteiger partial charge >= 0.3 is 0 Å². The summed E-state index contributed by atoms with van der Waals surface area (Å²) in [5.41, 5.74) is 3.44. The summed E-state index contributed by atoms with van der Waals surface area (Å²) in [7, 11) is 0. The van der Waals surface area contributed by atoms with Crippen LogP contribution in [0.3, 0.4) is 0 Å². The summed E-state index contributed by atoms with van der Waals surface area (Å²) in [6, 6.07) is 15.9. The van der Waals surface area contributed by atoms with Crippen molar-refractivity contribution in [1.29, 1.82) is 0 Å². The van der Waals surface area contributed by atoms with Gasteiger partial charge in [-0.25, -0.2) is 4.68 Å². The molecule has 26 heavy (non-hydrogen) atoms. The van der Waals surface area contributed by atoms with E-state index < -0.39 is 5.54 Å². The summed E-state index contributed by atoms with van der Waals surface area (Å²) in [4.78, 5) is 0. The van der Waals surface area contributed by atoms with E-state index in [2.05, 4.69) is 28.6 Å². The first-order valence-corrected chi connectivity index (χ1v) is 8.77. The van der Waals surface area contributed by atoms with E-state index in [4.69, 9.17) is 4.74 Å². The number of rotatable bonds is 5. The maximum absolute atomic E-state index is 10.1. The average Bonchev–Trinajstić information content (AvgIpc) is 3.15. The predicted octanol–water partition coefficient (Wildman–Crippen LogP) is 2.34. The van der Waals surface area contributed by atoms with Crippen molar-refractivity contribution in [1.82, 2.24) is 20.3 Å². The van der Waals surface area contributed by atoms with Crippen LogP contribution < -0.4 is 10.1 Å². The molecule has 0 aliphatic carbocycles. The molecular weight excluding hydrogens is 328 g/mol. The molecule has 0 fully saturated rings. The second-order valence-electron chi connectivity index (χ2n) is 6.63. The lowest BCUT2D eigenvalue weighted by molar-refractivity contribution is 0.105. The van der Waals surface area contributed by atoms with E-state index in [0.29, 0.717) is 19.6 Å². The summed E-state index contributed by atoms with van der Waals surface area (Å²) in [5, 5.41) is 22.1. The van der Waals surface area contributed by atoms with Gasteiger partial charge in [0, 0.05) is 18.5 Å². The van der Waals surface area contributed by atoms with Gasteiger partial charge in [0.15, 0.2) is 0 Å². The van der Waals surface area contributed by atoms with Crippen molar-refractivity contribution in [2.75, 3.05) is 13.2 Å². The number of hydrogen-bond donors (Lipinski definition) is 2. The SMILES string of the molecule is Cc1ccccc1-n1cc(CNC2(CO)CCOc3ccccc32)nn1. The van der Waals surface area contributed by atoms with Crippen molar-refractivity contribution in [3.05, 3.63) is 71.5 Å². The number of benzene rings is 2. The van der Waals surface area contributed by atoms with Crippen LogP contribution in [0, 0.1) is 6.92 Å². The maximum atomic E-state index is 10.1. The van der Waals surface area contributed by atoms with E-state index in [1.165, 1.54) is 0 Å². The molecule has 0 saturated heterocycles. The number of para-hydroxylation sites is 2. The fourth-order valence-corrected chi connectivity index (χ4v) is 3.44. The molecular formula is C20H22N4O2. The number of aliphatic hydroxyl groups is 1. The summed E-state index contributed by atoms with van der Waals surface area (Å²) in [6.45, 7) is 3.13.